The van der Waals surface area contributed by atoms with E-state index in [1.54, 1.807) is 0 Å². The molecule has 0 aromatic rings. The van der Waals surface area contributed by atoms with Crippen LogP contribution in [-0.2, 0) is 9.53 Å². The molecule has 2 nitrogen and oxygen atoms in total. The van der Waals surface area contributed by atoms with E-state index in [1.807, 2.05) is 27.7 Å². The largest absolute Gasteiger partial charge is 0.460 e. The molecule has 0 aliphatic heterocycles. The Balaban J connectivity index is 4.62. The molecule has 0 fully saturated rings. The lowest BCUT2D eigenvalue weighted by Crippen LogP contribution is -2.36. The first-order chi connectivity index (χ1) is 7.14. The van der Waals surface area contributed by atoms with Gasteiger partial charge in [-0.3, -0.25) is 4.79 Å². The van der Waals surface area contributed by atoms with Crippen molar-refractivity contribution in [3.05, 3.63) is 0 Å². The molecule has 0 bridgehead atoms. The van der Waals surface area contributed by atoms with Gasteiger partial charge in [0.05, 0.1) is 5.41 Å². The van der Waals surface area contributed by atoms with Gasteiger partial charge in [-0.1, -0.05) is 27.2 Å². The average molecular weight is 228 g/mol. The minimum Gasteiger partial charge on any atom is -0.460 e. The summed E-state index contributed by atoms with van der Waals surface area (Å²) in [5.74, 6) is 0.514. The van der Waals surface area contributed by atoms with Crippen LogP contribution in [-0.4, -0.2) is 11.6 Å². The highest BCUT2D eigenvalue weighted by atomic mass is 16.6. The molecule has 0 spiro atoms. The minimum absolute atomic E-state index is 0.0530. The maximum absolute atomic E-state index is 12.1. The Labute approximate surface area is 101 Å². The first-order valence-electron chi connectivity index (χ1n) is 6.38. The molecule has 0 N–H and O–H groups in total. The molecule has 0 saturated carbocycles. The predicted octanol–water partition coefficient (Wildman–Crippen LogP) is 4.18. The number of rotatable bonds is 5. The average Bonchev–Trinajstić information content (AvgIpc) is 2.14. The maximum Gasteiger partial charge on any atom is 0.312 e. The lowest BCUT2D eigenvalue weighted by molar-refractivity contribution is -0.168. The van der Waals surface area contributed by atoms with E-state index in [1.165, 1.54) is 0 Å². The number of carbonyl (C=O) groups excluding carboxylic acids is 1. The molecule has 2 heteroatoms. The van der Waals surface area contributed by atoms with Crippen LogP contribution >= 0.6 is 0 Å². The second-order valence-corrected chi connectivity index (χ2v) is 6.13. The van der Waals surface area contributed by atoms with Gasteiger partial charge in [-0.15, -0.1) is 0 Å². The lowest BCUT2D eigenvalue weighted by atomic mass is 9.78. The van der Waals surface area contributed by atoms with Crippen LogP contribution < -0.4 is 0 Å². The van der Waals surface area contributed by atoms with Crippen LogP contribution in [0.4, 0.5) is 0 Å². The summed E-state index contributed by atoms with van der Waals surface area (Å²) < 4.78 is 5.50. The third-order valence-electron chi connectivity index (χ3n) is 3.17. The summed E-state index contributed by atoms with van der Waals surface area (Å²) >= 11 is 0. The monoisotopic (exact) mass is 228 g/mol. The fourth-order valence-electron chi connectivity index (χ4n) is 1.69. The van der Waals surface area contributed by atoms with Crippen molar-refractivity contribution in [2.24, 2.45) is 11.3 Å². The molecule has 2 unspecified atom stereocenters. The van der Waals surface area contributed by atoms with Crippen molar-refractivity contribution in [1.29, 1.82) is 0 Å². The van der Waals surface area contributed by atoms with E-state index in [0.717, 1.165) is 19.3 Å². The van der Waals surface area contributed by atoms with Gasteiger partial charge >= 0.3 is 5.97 Å². The summed E-state index contributed by atoms with van der Waals surface area (Å²) in [6.07, 6.45) is 2.86. The van der Waals surface area contributed by atoms with Gasteiger partial charge in [0.15, 0.2) is 0 Å². The molecule has 96 valence electrons. The normalized spacial score (nSPS) is 17.7. The van der Waals surface area contributed by atoms with Crippen molar-refractivity contribution >= 4 is 5.97 Å². The second-order valence-electron chi connectivity index (χ2n) is 6.13. The molecule has 2 atom stereocenters. The zero-order valence-corrected chi connectivity index (χ0v) is 12.0. The Hall–Kier alpha value is -0.530. The number of hydrogen-bond donors (Lipinski definition) is 0. The predicted molar refractivity (Wildman–Crippen MR) is 68.3 cm³/mol. The van der Waals surface area contributed by atoms with Crippen molar-refractivity contribution in [2.45, 2.75) is 73.3 Å². The highest BCUT2D eigenvalue weighted by Gasteiger charge is 2.36. The van der Waals surface area contributed by atoms with E-state index in [2.05, 4.69) is 20.8 Å². The third kappa shape index (κ3) is 5.00. The summed E-state index contributed by atoms with van der Waals surface area (Å²) in [6.45, 7) is 14.2. The van der Waals surface area contributed by atoms with E-state index in [0.29, 0.717) is 5.92 Å². The summed E-state index contributed by atoms with van der Waals surface area (Å²) in [5.41, 5.74) is -0.717. The molecule has 0 aromatic carbocycles. The quantitative estimate of drug-likeness (QED) is 0.660. The Morgan fingerprint density at radius 2 is 1.69 bits per heavy atom. The number of esters is 1. The SMILES string of the molecule is CCC(C)CC(C)(CC)C(=O)OC(C)(C)C. The van der Waals surface area contributed by atoms with Gasteiger partial charge in [0.25, 0.3) is 0 Å². The van der Waals surface area contributed by atoms with Gasteiger partial charge in [-0.05, 0) is 46.5 Å². The number of hydrogen-bond acceptors (Lipinski definition) is 2. The molecule has 0 aliphatic rings. The Bertz CT molecular complexity index is 227. The summed E-state index contributed by atoms with van der Waals surface area (Å²) in [5, 5.41) is 0. The van der Waals surface area contributed by atoms with E-state index in [9.17, 15) is 4.79 Å². The Kier molecular flexibility index (Phi) is 5.51. The van der Waals surface area contributed by atoms with Crippen LogP contribution in [0.1, 0.15) is 67.7 Å². The zero-order chi connectivity index (χ0) is 13.0. The lowest BCUT2D eigenvalue weighted by Gasteiger charge is -2.32. The molecule has 0 aliphatic carbocycles. The van der Waals surface area contributed by atoms with Crippen molar-refractivity contribution in [3.63, 3.8) is 0 Å². The highest BCUT2D eigenvalue weighted by molar-refractivity contribution is 5.76. The fourth-order valence-corrected chi connectivity index (χ4v) is 1.69. The maximum atomic E-state index is 12.1. The van der Waals surface area contributed by atoms with Crippen LogP contribution in [0.2, 0.25) is 0 Å². The molecule has 0 amide bonds. The van der Waals surface area contributed by atoms with Crippen LogP contribution in [0, 0.1) is 11.3 Å². The number of carbonyl (C=O) groups is 1. The fraction of sp³-hybridized carbons (Fsp3) is 0.929. The van der Waals surface area contributed by atoms with Crippen molar-refractivity contribution in [2.75, 3.05) is 0 Å². The van der Waals surface area contributed by atoms with Crippen molar-refractivity contribution in [3.8, 4) is 0 Å². The van der Waals surface area contributed by atoms with E-state index >= 15 is 0 Å². The number of ether oxygens (including phenoxy) is 1. The Morgan fingerprint density at radius 3 is 2.00 bits per heavy atom. The zero-order valence-electron chi connectivity index (χ0n) is 12.0. The van der Waals surface area contributed by atoms with Gasteiger partial charge in [-0.25, -0.2) is 0 Å². The Morgan fingerprint density at radius 1 is 1.19 bits per heavy atom. The van der Waals surface area contributed by atoms with Crippen LogP contribution in [0.3, 0.4) is 0 Å². The van der Waals surface area contributed by atoms with Gasteiger partial charge in [-0.2, -0.15) is 0 Å². The van der Waals surface area contributed by atoms with E-state index in [-0.39, 0.29) is 17.0 Å². The standard InChI is InChI=1S/C14H28O2/c1-8-11(3)10-14(7,9-2)12(15)16-13(4,5)6/h11H,8-10H2,1-7H3. The van der Waals surface area contributed by atoms with E-state index < -0.39 is 0 Å². The van der Waals surface area contributed by atoms with Gasteiger partial charge in [0, 0.05) is 0 Å². The molecule has 0 saturated heterocycles. The first-order valence-corrected chi connectivity index (χ1v) is 6.38. The molecule has 0 radical (unpaired) electrons. The minimum atomic E-state index is -0.386. The highest BCUT2D eigenvalue weighted by Crippen LogP contribution is 2.33. The van der Waals surface area contributed by atoms with Crippen molar-refractivity contribution < 1.29 is 9.53 Å². The van der Waals surface area contributed by atoms with Gasteiger partial charge in [0.1, 0.15) is 5.60 Å². The molecular weight excluding hydrogens is 200 g/mol. The van der Waals surface area contributed by atoms with Crippen LogP contribution in [0.5, 0.6) is 0 Å². The van der Waals surface area contributed by atoms with Gasteiger partial charge < -0.3 is 4.74 Å². The van der Waals surface area contributed by atoms with E-state index in [4.69, 9.17) is 4.74 Å². The first kappa shape index (κ1) is 15.5. The molecular formula is C14H28O2. The molecule has 0 heterocycles. The molecule has 0 rings (SSSR count). The smallest absolute Gasteiger partial charge is 0.312 e. The molecule has 0 aromatic heterocycles. The molecule has 16 heavy (non-hydrogen) atoms. The van der Waals surface area contributed by atoms with Crippen LogP contribution in [0.25, 0.3) is 0 Å². The third-order valence-corrected chi connectivity index (χ3v) is 3.17. The second kappa shape index (κ2) is 5.70. The summed E-state index contributed by atoms with van der Waals surface area (Å²) in [4.78, 5) is 12.1. The van der Waals surface area contributed by atoms with Crippen molar-refractivity contribution in [1.82, 2.24) is 0 Å². The van der Waals surface area contributed by atoms with Crippen LogP contribution in [0.15, 0.2) is 0 Å². The topological polar surface area (TPSA) is 26.3 Å². The van der Waals surface area contributed by atoms with Gasteiger partial charge in [0.2, 0.25) is 0 Å². The summed E-state index contributed by atoms with van der Waals surface area (Å²) in [7, 11) is 0. The summed E-state index contributed by atoms with van der Waals surface area (Å²) in [6, 6.07) is 0.